The van der Waals surface area contributed by atoms with Gasteiger partial charge in [0.2, 0.25) is 5.82 Å². The molecule has 0 atom stereocenters. The van der Waals surface area contributed by atoms with Crippen LogP contribution in [0.25, 0.3) is 0 Å². The summed E-state index contributed by atoms with van der Waals surface area (Å²) in [6, 6.07) is 9.09. The first-order valence-corrected chi connectivity index (χ1v) is 6.71. The van der Waals surface area contributed by atoms with Crippen LogP contribution in [-0.4, -0.2) is 9.91 Å². The van der Waals surface area contributed by atoms with Crippen LogP contribution in [0.4, 0.5) is 11.5 Å². The Bertz CT molecular complexity index is 634. The molecule has 3 N–H and O–H groups in total. The lowest BCUT2D eigenvalue weighted by Crippen LogP contribution is -2.08. The first kappa shape index (κ1) is 14.4. The minimum atomic E-state index is -0.463. The number of benzene rings is 1. The standard InChI is InChI=1S/C13H13BrN4O2/c14-11-5-12(18(19)20)13(17-8-11)16-7-10-4-2-1-3-9(10)6-15/h1-5,8H,6-7,15H2,(H,16,17). The van der Waals surface area contributed by atoms with Crippen molar-refractivity contribution in [3.05, 3.63) is 62.2 Å². The van der Waals surface area contributed by atoms with Gasteiger partial charge in [-0.25, -0.2) is 4.98 Å². The van der Waals surface area contributed by atoms with Gasteiger partial charge in [0.15, 0.2) is 0 Å². The molecular weight excluding hydrogens is 324 g/mol. The summed E-state index contributed by atoms with van der Waals surface area (Å²) in [4.78, 5) is 14.6. The molecule has 1 heterocycles. The molecule has 0 unspecified atom stereocenters. The highest BCUT2D eigenvalue weighted by molar-refractivity contribution is 9.10. The lowest BCUT2D eigenvalue weighted by molar-refractivity contribution is -0.384. The molecule has 1 aromatic heterocycles. The number of pyridine rings is 1. The molecule has 0 bridgehead atoms. The van der Waals surface area contributed by atoms with Crippen LogP contribution in [0.5, 0.6) is 0 Å². The second kappa shape index (κ2) is 6.44. The van der Waals surface area contributed by atoms with E-state index in [1.165, 1.54) is 12.3 Å². The van der Waals surface area contributed by atoms with Crippen LogP contribution in [-0.2, 0) is 13.1 Å². The fourth-order valence-electron chi connectivity index (χ4n) is 1.81. The van der Waals surface area contributed by atoms with Crippen LogP contribution < -0.4 is 11.1 Å². The molecule has 20 heavy (non-hydrogen) atoms. The largest absolute Gasteiger partial charge is 0.360 e. The summed E-state index contributed by atoms with van der Waals surface area (Å²) in [5.74, 6) is 0.241. The van der Waals surface area contributed by atoms with Crippen LogP contribution in [0.2, 0.25) is 0 Å². The van der Waals surface area contributed by atoms with Crippen LogP contribution in [0.1, 0.15) is 11.1 Å². The van der Waals surface area contributed by atoms with Crippen molar-refractivity contribution in [2.24, 2.45) is 5.73 Å². The van der Waals surface area contributed by atoms with E-state index in [0.717, 1.165) is 11.1 Å². The van der Waals surface area contributed by atoms with Crippen molar-refractivity contribution in [2.75, 3.05) is 5.32 Å². The second-order valence-corrected chi connectivity index (χ2v) is 5.02. The molecule has 1 aromatic carbocycles. The van der Waals surface area contributed by atoms with Crippen molar-refractivity contribution >= 4 is 27.4 Å². The van der Waals surface area contributed by atoms with E-state index in [0.29, 0.717) is 17.6 Å². The number of hydrogen-bond donors (Lipinski definition) is 2. The maximum Gasteiger partial charge on any atom is 0.312 e. The van der Waals surface area contributed by atoms with Crippen molar-refractivity contribution in [1.82, 2.24) is 4.98 Å². The Morgan fingerprint density at radius 3 is 2.70 bits per heavy atom. The zero-order chi connectivity index (χ0) is 14.5. The Morgan fingerprint density at radius 2 is 2.05 bits per heavy atom. The van der Waals surface area contributed by atoms with Crippen LogP contribution in [0.15, 0.2) is 41.0 Å². The molecule has 0 saturated carbocycles. The van der Waals surface area contributed by atoms with E-state index in [-0.39, 0.29) is 11.5 Å². The van der Waals surface area contributed by atoms with Gasteiger partial charge in [0.05, 0.1) is 4.92 Å². The van der Waals surface area contributed by atoms with Crippen molar-refractivity contribution < 1.29 is 4.92 Å². The van der Waals surface area contributed by atoms with Crippen molar-refractivity contribution in [1.29, 1.82) is 0 Å². The fraction of sp³-hybridized carbons (Fsp3) is 0.154. The fourth-order valence-corrected chi connectivity index (χ4v) is 2.13. The molecular formula is C13H13BrN4O2. The topological polar surface area (TPSA) is 94.1 Å². The SMILES string of the molecule is NCc1ccccc1CNc1ncc(Br)cc1[N+](=O)[O-]. The molecule has 2 aromatic rings. The molecule has 0 aliphatic carbocycles. The lowest BCUT2D eigenvalue weighted by atomic mass is 10.1. The summed E-state index contributed by atoms with van der Waals surface area (Å²) in [5, 5.41) is 14.0. The maximum atomic E-state index is 11.0. The third kappa shape index (κ3) is 3.31. The minimum absolute atomic E-state index is 0.0652. The molecule has 0 aliphatic rings. The van der Waals surface area contributed by atoms with E-state index in [1.54, 1.807) is 0 Å². The van der Waals surface area contributed by atoms with Gasteiger partial charge in [-0.2, -0.15) is 0 Å². The molecule has 0 spiro atoms. The van der Waals surface area contributed by atoms with Crippen molar-refractivity contribution in [3.8, 4) is 0 Å². The van der Waals surface area contributed by atoms with Gasteiger partial charge >= 0.3 is 5.69 Å². The molecule has 0 fully saturated rings. The monoisotopic (exact) mass is 336 g/mol. The Hall–Kier alpha value is -1.99. The highest BCUT2D eigenvalue weighted by Crippen LogP contribution is 2.25. The highest BCUT2D eigenvalue weighted by atomic mass is 79.9. The number of aromatic nitrogens is 1. The zero-order valence-corrected chi connectivity index (χ0v) is 12.1. The first-order chi connectivity index (χ1) is 9.61. The van der Waals surface area contributed by atoms with E-state index in [2.05, 4.69) is 26.2 Å². The number of rotatable bonds is 5. The smallest absolute Gasteiger partial charge is 0.312 e. The summed E-state index contributed by atoms with van der Waals surface area (Å²) < 4.78 is 0.567. The van der Waals surface area contributed by atoms with Gasteiger partial charge in [-0.15, -0.1) is 0 Å². The first-order valence-electron chi connectivity index (χ1n) is 5.92. The van der Waals surface area contributed by atoms with Crippen LogP contribution in [0.3, 0.4) is 0 Å². The summed E-state index contributed by atoms with van der Waals surface area (Å²) in [7, 11) is 0. The van der Waals surface area contributed by atoms with Crippen molar-refractivity contribution in [3.63, 3.8) is 0 Å². The van der Waals surface area contributed by atoms with Gasteiger partial charge in [0.25, 0.3) is 0 Å². The maximum absolute atomic E-state index is 11.0. The number of halogens is 1. The van der Waals surface area contributed by atoms with E-state index < -0.39 is 4.92 Å². The van der Waals surface area contributed by atoms with Crippen molar-refractivity contribution in [2.45, 2.75) is 13.1 Å². The van der Waals surface area contributed by atoms with E-state index in [4.69, 9.17) is 5.73 Å². The lowest BCUT2D eigenvalue weighted by Gasteiger charge is -2.09. The number of nitro groups is 1. The minimum Gasteiger partial charge on any atom is -0.360 e. The van der Waals surface area contributed by atoms with Crippen LogP contribution >= 0.6 is 15.9 Å². The third-order valence-electron chi connectivity index (χ3n) is 2.82. The average Bonchev–Trinajstić information content (AvgIpc) is 2.46. The van der Waals surface area contributed by atoms with Gasteiger partial charge in [-0.1, -0.05) is 24.3 Å². The molecule has 0 aliphatic heterocycles. The number of nitrogens with one attached hydrogen (secondary N) is 1. The summed E-state index contributed by atoms with van der Waals surface area (Å²) in [5.41, 5.74) is 7.59. The molecule has 0 amide bonds. The normalized spacial score (nSPS) is 10.3. The van der Waals surface area contributed by atoms with Gasteiger partial charge in [-0.05, 0) is 27.1 Å². The molecule has 0 saturated heterocycles. The predicted octanol–water partition coefficient (Wildman–Crippen LogP) is 2.82. The summed E-state index contributed by atoms with van der Waals surface area (Å²) >= 11 is 3.17. The summed E-state index contributed by atoms with van der Waals surface area (Å²) in [6.07, 6.45) is 1.52. The number of hydrogen-bond acceptors (Lipinski definition) is 5. The zero-order valence-electron chi connectivity index (χ0n) is 10.5. The quantitative estimate of drug-likeness (QED) is 0.646. The van der Waals surface area contributed by atoms with Gasteiger partial charge in [0, 0.05) is 29.8 Å². The molecule has 0 radical (unpaired) electrons. The Balaban J connectivity index is 2.21. The average molecular weight is 337 g/mol. The number of nitrogens with two attached hydrogens (primary N) is 1. The Kier molecular flexibility index (Phi) is 4.65. The third-order valence-corrected chi connectivity index (χ3v) is 3.25. The molecule has 104 valence electrons. The molecule has 2 rings (SSSR count). The van der Waals surface area contributed by atoms with Gasteiger partial charge in [-0.3, -0.25) is 10.1 Å². The molecule has 6 nitrogen and oxygen atoms in total. The molecule has 7 heteroatoms. The van der Waals surface area contributed by atoms with E-state index >= 15 is 0 Å². The second-order valence-electron chi connectivity index (χ2n) is 4.10. The van der Waals surface area contributed by atoms with Gasteiger partial charge < -0.3 is 11.1 Å². The van der Waals surface area contributed by atoms with E-state index in [1.807, 2.05) is 24.3 Å². The number of nitrogens with zero attached hydrogens (tertiary/aromatic N) is 2. The Labute approximate surface area is 124 Å². The summed E-state index contributed by atoms with van der Waals surface area (Å²) in [6.45, 7) is 0.858. The Morgan fingerprint density at radius 1 is 1.35 bits per heavy atom. The predicted molar refractivity (Wildman–Crippen MR) is 80.3 cm³/mol. The number of anilines is 1. The van der Waals surface area contributed by atoms with E-state index in [9.17, 15) is 10.1 Å². The van der Waals surface area contributed by atoms with Crippen LogP contribution in [0, 0.1) is 10.1 Å². The highest BCUT2D eigenvalue weighted by Gasteiger charge is 2.15. The van der Waals surface area contributed by atoms with Gasteiger partial charge in [0.1, 0.15) is 0 Å².